The maximum atomic E-state index is 12.0. The Bertz CT molecular complexity index is 564. The van der Waals surface area contributed by atoms with Gasteiger partial charge in [0.25, 0.3) is 0 Å². The van der Waals surface area contributed by atoms with Crippen LogP contribution in [0.3, 0.4) is 0 Å². The van der Waals surface area contributed by atoms with Crippen LogP contribution in [0.1, 0.15) is 30.1 Å². The molecule has 0 radical (unpaired) electrons. The molecule has 0 bridgehead atoms. The maximum Gasteiger partial charge on any atom is 0.242 e. The molecule has 92 valence electrons. The molecule has 1 fully saturated rings. The van der Waals surface area contributed by atoms with Gasteiger partial charge in [-0.3, -0.25) is 4.79 Å². The number of nitrogens with one attached hydrogen (secondary N) is 1. The second-order valence-corrected chi connectivity index (χ2v) is 6.19. The zero-order valence-corrected chi connectivity index (χ0v) is 10.8. The van der Waals surface area contributed by atoms with E-state index < -0.39 is 10.0 Å². The Hall–Kier alpha value is -0.910. The van der Waals surface area contributed by atoms with Gasteiger partial charge in [0, 0.05) is 11.6 Å². The van der Waals surface area contributed by atoms with Crippen molar-refractivity contribution in [2.75, 3.05) is 0 Å². The second kappa shape index (κ2) is 4.40. The summed E-state index contributed by atoms with van der Waals surface area (Å²) in [5.74, 6) is -0.190. The van der Waals surface area contributed by atoms with Gasteiger partial charge in [0.1, 0.15) is 4.90 Å². The van der Waals surface area contributed by atoms with Crippen molar-refractivity contribution in [2.45, 2.75) is 30.7 Å². The first-order chi connectivity index (χ1) is 7.90. The van der Waals surface area contributed by atoms with Gasteiger partial charge in [-0.2, -0.15) is 0 Å². The van der Waals surface area contributed by atoms with Gasteiger partial charge in [-0.05, 0) is 38.0 Å². The predicted molar refractivity (Wildman–Crippen MR) is 64.8 cm³/mol. The third-order valence-electron chi connectivity index (χ3n) is 2.53. The molecule has 1 N–H and O–H groups in total. The number of hydrogen-bond donors (Lipinski definition) is 1. The van der Waals surface area contributed by atoms with Crippen LogP contribution < -0.4 is 4.72 Å². The lowest BCUT2D eigenvalue weighted by Gasteiger charge is -2.08. The van der Waals surface area contributed by atoms with Gasteiger partial charge >= 0.3 is 0 Å². The summed E-state index contributed by atoms with van der Waals surface area (Å²) in [4.78, 5) is 11.2. The molecular weight excluding hydrogens is 262 g/mol. The Morgan fingerprint density at radius 3 is 2.59 bits per heavy atom. The highest BCUT2D eigenvalue weighted by Gasteiger charge is 2.29. The Labute approximate surface area is 105 Å². The number of hydrogen-bond acceptors (Lipinski definition) is 3. The van der Waals surface area contributed by atoms with Crippen LogP contribution in [0, 0.1) is 0 Å². The minimum atomic E-state index is -3.62. The van der Waals surface area contributed by atoms with Crippen molar-refractivity contribution in [1.82, 2.24) is 4.72 Å². The van der Waals surface area contributed by atoms with Crippen LogP contribution in [0.15, 0.2) is 23.1 Å². The van der Waals surface area contributed by atoms with E-state index in [1.165, 1.54) is 25.1 Å². The van der Waals surface area contributed by atoms with Crippen molar-refractivity contribution in [2.24, 2.45) is 0 Å². The fraction of sp³-hybridized carbons (Fsp3) is 0.364. The van der Waals surface area contributed by atoms with E-state index in [1.807, 2.05) is 0 Å². The first kappa shape index (κ1) is 12.5. The standard InChI is InChI=1S/C11H12ClNO3S/c1-7(14)8-2-5-10(12)11(6-8)17(15,16)13-9-3-4-9/h2,5-6,9,13H,3-4H2,1H3. The zero-order chi connectivity index (χ0) is 12.6. The van der Waals surface area contributed by atoms with E-state index in [0.29, 0.717) is 5.56 Å². The summed E-state index contributed by atoms with van der Waals surface area (Å²) in [7, 11) is -3.62. The van der Waals surface area contributed by atoms with Crippen molar-refractivity contribution in [3.63, 3.8) is 0 Å². The van der Waals surface area contributed by atoms with Crippen molar-refractivity contribution < 1.29 is 13.2 Å². The third-order valence-corrected chi connectivity index (χ3v) is 4.53. The Balaban J connectivity index is 2.42. The molecule has 0 aliphatic heterocycles. The average Bonchev–Trinajstić information content (AvgIpc) is 3.00. The topological polar surface area (TPSA) is 63.2 Å². The number of Topliss-reactive ketones (excluding diaryl/α,β-unsaturated/α-hetero) is 1. The number of carbonyl (C=O) groups excluding carboxylic acids is 1. The summed E-state index contributed by atoms with van der Waals surface area (Å²) in [6, 6.07) is 4.27. The lowest BCUT2D eigenvalue weighted by Crippen LogP contribution is -2.26. The molecular formula is C11H12ClNO3S. The highest BCUT2D eigenvalue weighted by Crippen LogP contribution is 2.26. The van der Waals surface area contributed by atoms with Crippen molar-refractivity contribution in [3.05, 3.63) is 28.8 Å². The molecule has 1 aromatic carbocycles. The Morgan fingerprint density at radius 2 is 2.06 bits per heavy atom. The SMILES string of the molecule is CC(=O)c1ccc(Cl)c(S(=O)(=O)NC2CC2)c1. The van der Waals surface area contributed by atoms with E-state index in [2.05, 4.69) is 4.72 Å². The van der Waals surface area contributed by atoms with Gasteiger partial charge in [-0.15, -0.1) is 0 Å². The maximum absolute atomic E-state index is 12.0. The summed E-state index contributed by atoms with van der Waals surface area (Å²) in [6.07, 6.45) is 1.70. The van der Waals surface area contributed by atoms with Crippen LogP contribution in [-0.2, 0) is 10.0 Å². The predicted octanol–water partition coefficient (Wildman–Crippen LogP) is 1.98. The van der Waals surface area contributed by atoms with Gasteiger partial charge < -0.3 is 0 Å². The van der Waals surface area contributed by atoms with Crippen LogP contribution in [0.2, 0.25) is 5.02 Å². The van der Waals surface area contributed by atoms with Gasteiger partial charge in [0.2, 0.25) is 10.0 Å². The summed E-state index contributed by atoms with van der Waals surface area (Å²) in [5, 5.41) is 0.128. The number of carbonyl (C=O) groups is 1. The normalized spacial score (nSPS) is 15.9. The average molecular weight is 274 g/mol. The molecule has 1 aromatic rings. The quantitative estimate of drug-likeness (QED) is 0.853. The summed E-state index contributed by atoms with van der Waals surface area (Å²) < 4.78 is 26.5. The number of rotatable bonds is 4. The molecule has 1 aliphatic rings. The van der Waals surface area contributed by atoms with Gasteiger partial charge in [-0.25, -0.2) is 13.1 Å². The van der Waals surface area contributed by atoms with Crippen LogP contribution in [0.5, 0.6) is 0 Å². The molecule has 0 atom stereocenters. The van der Waals surface area contributed by atoms with E-state index in [-0.39, 0.29) is 21.7 Å². The summed E-state index contributed by atoms with van der Waals surface area (Å²) >= 11 is 5.86. The van der Waals surface area contributed by atoms with Gasteiger partial charge in [0.15, 0.2) is 5.78 Å². The molecule has 4 nitrogen and oxygen atoms in total. The summed E-state index contributed by atoms with van der Waals surface area (Å²) in [6.45, 7) is 1.38. The van der Waals surface area contributed by atoms with Crippen LogP contribution in [0.25, 0.3) is 0 Å². The number of ketones is 1. The highest BCUT2D eigenvalue weighted by atomic mass is 35.5. The monoisotopic (exact) mass is 273 g/mol. The van der Waals surface area contributed by atoms with Crippen molar-refractivity contribution in [1.29, 1.82) is 0 Å². The second-order valence-electron chi connectivity index (χ2n) is 4.10. The molecule has 2 rings (SSSR count). The molecule has 1 aliphatic carbocycles. The van der Waals surface area contributed by atoms with Gasteiger partial charge in [0.05, 0.1) is 5.02 Å². The minimum Gasteiger partial charge on any atom is -0.295 e. The number of sulfonamides is 1. The summed E-state index contributed by atoms with van der Waals surface area (Å²) in [5.41, 5.74) is 0.338. The molecule has 0 spiro atoms. The van der Waals surface area contributed by atoms with E-state index in [4.69, 9.17) is 11.6 Å². The van der Waals surface area contributed by atoms with E-state index in [0.717, 1.165) is 12.8 Å². The van der Waals surface area contributed by atoms with Crippen molar-refractivity contribution in [3.8, 4) is 0 Å². The molecule has 0 amide bonds. The van der Waals surface area contributed by atoms with Crippen molar-refractivity contribution >= 4 is 27.4 Å². The Kier molecular flexibility index (Phi) is 3.25. The molecule has 17 heavy (non-hydrogen) atoms. The lowest BCUT2D eigenvalue weighted by molar-refractivity contribution is 0.101. The third kappa shape index (κ3) is 2.86. The molecule has 6 heteroatoms. The van der Waals surface area contributed by atoms with E-state index >= 15 is 0 Å². The minimum absolute atomic E-state index is 0.0112. The fourth-order valence-corrected chi connectivity index (χ4v) is 3.24. The van der Waals surface area contributed by atoms with E-state index in [9.17, 15) is 13.2 Å². The smallest absolute Gasteiger partial charge is 0.242 e. The highest BCUT2D eigenvalue weighted by molar-refractivity contribution is 7.89. The van der Waals surface area contributed by atoms with Crippen LogP contribution >= 0.6 is 11.6 Å². The first-order valence-corrected chi connectivity index (χ1v) is 7.09. The largest absolute Gasteiger partial charge is 0.295 e. The van der Waals surface area contributed by atoms with E-state index in [1.54, 1.807) is 0 Å². The van der Waals surface area contributed by atoms with Gasteiger partial charge in [-0.1, -0.05) is 11.6 Å². The molecule has 1 saturated carbocycles. The lowest BCUT2D eigenvalue weighted by atomic mass is 10.1. The molecule has 0 saturated heterocycles. The zero-order valence-electron chi connectivity index (χ0n) is 9.23. The Morgan fingerprint density at radius 1 is 1.41 bits per heavy atom. The molecule has 0 heterocycles. The number of benzene rings is 1. The first-order valence-electron chi connectivity index (χ1n) is 5.23. The number of halogens is 1. The fourth-order valence-electron chi connectivity index (χ4n) is 1.41. The molecule has 0 unspecified atom stereocenters. The van der Waals surface area contributed by atoms with Crippen LogP contribution in [-0.4, -0.2) is 20.2 Å². The molecule has 0 aromatic heterocycles. The van der Waals surface area contributed by atoms with Crippen LogP contribution in [0.4, 0.5) is 0 Å².